The van der Waals surface area contributed by atoms with Crippen LogP contribution >= 0.6 is 11.6 Å². The lowest BCUT2D eigenvalue weighted by Gasteiger charge is -2.26. The van der Waals surface area contributed by atoms with E-state index in [1.165, 1.54) is 24.3 Å². The number of hydrogen-bond acceptors (Lipinski definition) is 7. The molecule has 1 aromatic heterocycles. The van der Waals surface area contributed by atoms with Gasteiger partial charge < -0.3 is 26.0 Å². The molecule has 1 aliphatic carbocycles. The molecule has 2 aliphatic rings. The van der Waals surface area contributed by atoms with E-state index in [1.807, 2.05) is 12.2 Å². The first-order chi connectivity index (χ1) is 18.0. The number of ether oxygens (including phenoxy) is 2. The van der Waals surface area contributed by atoms with Crippen molar-refractivity contribution >= 4 is 34.7 Å². The van der Waals surface area contributed by atoms with Gasteiger partial charge in [0.05, 0.1) is 18.9 Å². The molecule has 1 unspecified atom stereocenters. The van der Waals surface area contributed by atoms with Gasteiger partial charge in [0.15, 0.2) is 0 Å². The summed E-state index contributed by atoms with van der Waals surface area (Å²) in [5.41, 5.74) is 13.4. The molecule has 0 saturated carbocycles. The predicted molar refractivity (Wildman–Crippen MR) is 136 cm³/mol. The average molecular weight is 553 g/mol. The second-order valence-corrected chi connectivity index (χ2v) is 9.78. The van der Waals surface area contributed by atoms with Crippen molar-refractivity contribution in [3.05, 3.63) is 58.3 Å². The molecule has 5 N–H and O–H groups in total. The van der Waals surface area contributed by atoms with Crippen molar-refractivity contribution in [3.63, 3.8) is 0 Å². The summed E-state index contributed by atoms with van der Waals surface area (Å²) in [7, 11) is 0. The van der Waals surface area contributed by atoms with E-state index in [9.17, 15) is 18.0 Å². The molecule has 204 valence electrons. The highest BCUT2D eigenvalue weighted by molar-refractivity contribution is 6.30. The fourth-order valence-electron chi connectivity index (χ4n) is 4.67. The fourth-order valence-corrected chi connectivity index (χ4v) is 4.84. The first-order valence-electron chi connectivity index (χ1n) is 12.1. The van der Waals surface area contributed by atoms with E-state index in [4.69, 9.17) is 37.6 Å². The van der Waals surface area contributed by atoms with Gasteiger partial charge in [-0.15, -0.1) is 0 Å². The van der Waals surface area contributed by atoms with Crippen LogP contribution in [0.2, 0.25) is 5.02 Å². The van der Waals surface area contributed by atoms with Crippen LogP contribution in [0.1, 0.15) is 55.0 Å². The smallest absolute Gasteiger partial charge is 0.429 e. The summed E-state index contributed by atoms with van der Waals surface area (Å²) in [6.45, 7) is 0.652. The number of halogens is 4. The lowest BCUT2D eigenvalue weighted by atomic mass is 9.84. The largest absolute Gasteiger partial charge is 0.480 e. The number of anilines is 1. The van der Waals surface area contributed by atoms with Gasteiger partial charge in [0.2, 0.25) is 17.9 Å². The Hall–Kier alpha value is -3.15. The third-order valence-corrected chi connectivity index (χ3v) is 6.80. The molecular weight excluding hydrogens is 525 g/mol. The van der Waals surface area contributed by atoms with Crippen LogP contribution in [0.5, 0.6) is 5.88 Å². The van der Waals surface area contributed by atoms with E-state index < -0.39 is 24.3 Å². The Morgan fingerprint density at radius 2 is 2.03 bits per heavy atom. The van der Waals surface area contributed by atoms with Crippen molar-refractivity contribution in [2.24, 2.45) is 11.7 Å². The molecule has 1 aromatic carbocycles. The van der Waals surface area contributed by atoms with Gasteiger partial charge >= 0.3 is 12.1 Å². The van der Waals surface area contributed by atoms with E-state index in [0.717, 1.165) is 5.57 Å². The molecule has 1 aliphatic heterocycles. The Balaban J connectivity index is 1.62. The summed E-state index contributed by atoms with van der Waals surface area (Å²) >= 11 is 6.13. The second-order valence-electron chi connectivity index (χ2n) is 9.34. The third-order valence-electron chi connectivity index (χ3n) is 6.56. The molecule has 4 rings (SSSR count). The van der Waals surface area contributed by atoms with Crippen molar-refractivity contribution < 1.29 is 32.5 Å². The molecule has 0 spiro atoms. The Morgan fingerprint density at radius 3 is 2.66 bits per heavy atom. The number of carboxylic acids is 1. The zero-order chi connectivity index (χ0) is 27.4. The quantitative estimate of drug-likeness (QED) is 0.408. The van der Waals surface area contributed by atoms with Crippen LogP contribution in [0.15, 0.2) is 36.4 Å². The van der Waals surface area contributed by atoms with Crippen molar-refractivity contribution in [1.29, 1.82) is 0 Å². The van der Waals surface area contributed by atoms with E-state index in [1.54, 1.807) is 0 Å². The Morgan fingerprint density at radius 1 is 1.24 bits per heavy atom. The first kappa shape index (κ1) is 27.9. The summed E-state index contributed by atoms with van der Waals surface area (Å²) in [4.78, 5) is 19.1. The number of nitrogens with zero attached hydrogens (tertiary/aromatic N) is 2. The maximum atomic E-state index is 14.4. The number of rotatable bonds is 8. The van der Waals surface area contributed by atoms with Gasteiger partial charge in [0, 0.05) is 16.7 Å². The Labute approximate surface area is 222 Å². The molecule has 8 nitrogen and oxygen atoms in total. The van der Waals surface area contributed by atoms with Gasteiger partial charge in [-0.05, 0) is 66.9 Å². The fraction of sp³-hybridized carbons (Fsp3) is 0.423. The Kier molecular flexibility index (Phi) is 8.59. The van der Waals surface area contributed by atoms with E-state index in [-0.39, 0.29) is 34.9 Å². The van der Waals surface area contributed by atoms with Gasteiger partial charge in [-0.1, -0.05) is 29.8 Å². The predicted octanol–water partition coefficient (Wildman–Crippen LogP) is 5.18. The normalized spacial score (nSPS) is 19.8. The molecule has 0 amide bonds. The maximum absolute atomic E-state index is 14.4. The van der Waals surface area contributed by atoms with Gasteiger partial charge in [0.25, 0.3) is 0 Å². The number of aromatic nitrogens is 2. The van der Waals surface area contributed by atoms with Gasteiger partial charge in [-0.25, -0.2) is 4.98 Å². The zero-order valence-electron chi connectivity index (χ0n) is 20.4. The van der Waals surface area contributed by atoms with Crippen LogP contribution in [0.25, 0.3) is 11.1 Å². The molecular formula is C26H28ClF3N4O4. The first-order valence-corrected chi connectivity index (χ1v) is 12.5. The highest BCUT2D eigenvalue weighted by atomic mass is 35.5. The molecule has 0 fully saturated rings. The minimum Gasteiger partial charge on any atom is -0.480 e. The van der Waals surface area contributed by atoms with Crippen LogP contribution in [-0.2, 0) is 9.53 Å². The van der Waals surface area contributed by atoms with Crippen LogP contribution in [0.4, 0.5) is 19.1 Å². The number of nitrogen functional groups attached to an aromatic ring is 1. The van der Waals surface area contributed by atoms with Crippen LogP contribution in [0.3, 0.4) is 0 Å². The lowest BCUT2D eigenvalue weighted by Crippen LogP contribution is -2.32. The summed E-state index contributed by atoms with van der Waals surface area (Å²) in [6.07, 6.45) is -0.760. The average Bonchev–Trinajstić information content (AvgIpc) is 2.87. The minimum absolute atomic E-state index is 0.0794. The number of nitrogens with two attached hydrogens (primary N) is 2. The van der Waals surface area contributed by atoms with Crippen LogP contribution in [-0.4, -0.2) is 46.5 Å². The van der Waals surface area contributed by atoms with E-state index in [0.29, 0.717) is 55.5 Å². The highest BCUT2D eigenvalue weighted by Gasteiger charge is 2.45. The maximum Gasteiger partial charge on any atom is 0.429 e. The molecule has 0 saturated heterocycles. The standard InChI is InChI=1S/C26H28ClF3N4O4/c27-17-7-8-18(19(11-17)16-2-1-9-37-13-16)23(26(28,29)30)38-22-12-21(33-25(32)34-22)15-5-3-14(4-6-15)10-20(31)24(35)36/h2,5,7-8,11-12,14,20,23H,1,3-4,6,9-10,13,31H2,(H,35,36)(H2,32,33,34)/t14-,20?,23-/m1/s1. The molecule has 12 heteroatoms. The zero-order valence-corrected chi connectivity index (χ0v) is 21.1. The molecule has 0 bridgehead atoms. The highest BCUT2D eigenvalue weighted by Crippen LogP contribution is 2.41. The number of carboxylic acid groups (broad SMARTS) is 1. The monoisotopic (exact) mass is 552 g/mol. The minimum atomic E-state index is -4.78. The van der Waals surface area contributed by atoms with Crippen LogP contribution in [0, 0.1) is 5.92 Å². The van der Waals surface area contributed by atoms with E-state index >= 15 is 0 Å². The number of carbonyl (C=O) groups is 1. The lowest BCUT2D eigenvalue weighted by molar-refractivity contribution is -0.198. The summed E-state index contributed by atoms with van der Waals surface area (Å²) in [5, 5.41) is 9.33. The molecule has 2 heterocycles. The summed E-state index contributed by atoms with van der Waals surface area (Å²) < 4.78 is 54.0. The Bertz CT molecular complexity index is 1250. The van der Waals surface area contributed by atoms with Gasteiger partial charge in [0.1, 0.15) is 6.04 Å². The van der Waals surface area contributed by atoms with Crippen molar-refractivity contribution in [2.75, 3.05) is 18.9 Å². The summed E-state index contributed by atoms with van der Waals surface area (Å²) in [6, 6.07) is 4.54. The number of benzene rings is 1. The number of alkyl halides is 3. The van der Waals surface area contributed by atoms with Crippen molar-refractivity contribution in [1.82, 2.24) is 9.97 Å². The van der Waals surface area contributed by atoms with Gasteiger partial charge in [-0.2, -0.15) is 18.2 Å². The van der Waals surface area contributed by atoms with Gasteiger partial charge in [-0.3, -0.25) is 4.79 Å². The third kappa shape index (κ3) is 6.83. The molecule has 3 atom stereocenters. The summed E-state index contributed by atoms with van der Waals surface area (Å²) in [5.74, 6) is -1.52. The number of allylic oxidation sites excluding steroid dienone is 2. The molecule has 0 radical (unpaired) electrons. The second kappa shape index (κ2) is 11.7. The SMILES string of the molecule is Nc1nc(O[C@H](c2ccc(Cl)cc2C2=CCCOC2)C(F)(F)F)cc(C2=CC[C@@H](CC(N)C(=O)O)CC2)n1. The number of aliphatic carboxylic acids is 1. The topological polar surface area (TPSA) is 134 Å². The van der Waals surface area contributed by atoms with Crippen molar-refractivity contribution in [3.8, 4) is 5.88 Å². The van der Waals surface area contributed by atoms with E-state index in [2.05, 4.69) is 9.97 Å². The molecule has 2 aromatic rings. The van der Waals surface area contributed by atoms with Crippen molar-refractivity contribution in [2.45, 2.75) is 50.4 Å². The van der Waals surface area contributed by atoms with Crippen LogP contribution < -0.4 is 16.2 Å². The molecule has 38 heavy (non-hydrogen) atoms. The number of hydrogen-bond donors (Lipinski definition) is 3.